The molecule has 1 amide bonds. The van der Waals surface area contributed by atoms with E-state index in [-0.39, 0.29) is 11.9 Å². The Balaban J connectivity index is 1.66. The van der Waals surface area contributed by atoms with Crippen LogP contribution in [0.5, 0.6) is 0 Å². The van der Waals surface area contributed by atoms with E-state index in [2.05, 4.69) is 39.9 Å². The van der Waals surface area contributed by atoms with Crippen LogP contribution in [0.2, 0.25) is 0 Å². The van der Waals surface area contributed by atoms with E-state index in [0.29, 0.717) is 0 Å². The Hall–Kier alpha value is -2.72. The number of nitrogens with one attached hydrogen (secondary N) is 2. The Labute approximate surface area is 133 Å². The normalized spacial score (nSPS) is 18.8. The van der Waals surface area contributed by atoms with Crippen LogP contribution >= 0.6 is 0 Å². The smallest absolute Gasteiger partial charge is 0.256 e. The van der Waals surface area contributed by atoms with Gasteiger partial charge in [-0.3, -0.25) is 9.78 Å². The molecule has 2 aromatic carbocycles. The van der Waals surface area contributed by atoms with Gasteiger partial charge in [-0.05, 0) is 35.2 Å². The first-order valence-corrected chi connectivity index (χ1v) is 7.84. The number of rotatable bonds is 1. The van der Waals surface area contributed by atoms with Crippen molar-refractivity contribution >= 4 is 22.5 Å². The highest BCUT2D eigenvalue weighted by Crippen LogP contribution is 2.37. The number of pyridine rings is 1. The molecule has 2 aliphatic heterocycles. The Bertz CT molecular complexity index is 964. The first-order valence-electron chi connectivity index (χ1n) is 7.84. The molecule has 23 heavy (non-hydrogen) atoms. The minimum absolute atomic E-state index is 0.0356. The maximum atomic E-state index is 12.0. The second-order valence-electron chi connectivity index (χ2n) is 6.14. The Morgan fingerprint density at radius 3 is 2.83 bits per heavy atom. The minimum Gasteiger partial charge on any atom is -0.321 e. The topological polar surface area (TPSA) is 54.0 Å². The van der Waals surface area contributed by atoms with Gasteiger partial charge in [0, 0.05) is 24.2 Å². The summed E-state index contributed by atoms with van der Waals surface area (Å²) >= 11 is 0. The van der Waals surface area contributed by atoms with Crippen molar-refractivity contribution < 1.29 is 4.79 Å². The zero-order valence-electron chi connectivity index (χ0n) is 12.5. The summed E-state index contributed by atoms with van der Waals surface area (Å²) in [6.45, 7) is 0.862. The Kier molecular flexibility index (Phi) is 2.58. The van der Waals surface area contributed by atoms with E-state index in [9.17, 15) is 4.79 Å². The third-order valence-corrected chi connectivity index (χ3v) is 4.87. The average molecular weight is 301 g/mol. The maximum Gasteiger partial charge on any atom is 0.256 e. The fraction of sp³-hybridized carbons (Fsp3) is 0.158. The highest BCUT2D eigenvalue weighted by Gasteiger charge is 2.27. The van der Waals surface area contributed by atoms with Gasteiger partial charge in [-0.15, -0.1) is 0 Å². The summed E-state index contributed by atoms with van der Waals surface area (Å²) in [5, 5.41) is 7.48. The molecule has 4 nitrogen and oxygen atoms in total. The van der Waals surface area contributed by atoms with Crippen molar-refractivity contribution in [3.63, 3.8) is 0 Å². The van der Waals surface area contributed by atoms with Gasteiger partial charge in [-0.2, -0.15) is 0 Å². The standard InChI is InChI=1S/C19H15N3O/c23-19-14-6-5-13(18-17(14)15(22-19)7-8-20-18)16-9-11-3-1-2-4-12(11)10-21-16/h1-8,16,21H,9-10H2,(H,22,23). The number of carbonyl (C=O) groups is 1. The van der Waals surface area contributed by atoms with E-state index in [1.54, 1.807) is 6.20 Å². The molecule has 0 saturated heterocycles. The van der Waals surface area contributed by atoms with Crippen LogP contribution in [-0.4, -0.2) is 10.9 Å². The zero-order valence-corrected chi connectivity index (χ0v) is 12.5. The molecule has 112 valence electrons. The molecule has 0 bridgehead atoms. The quantitative estimate of drug-likeness (QED) is 0.726. The Morgan fingerprint density at radius 1 is 1.04 bits per heavy atom. The van der Waals surface area contributed by atoms with Gasteiger partial charge >= 0.3 is 0 Å². The number of hydrogen-bond acceptors (Lipinski definition) is 3. The third-order valence-electron chi connectivity index (χ3n) is 4.87. The number of carbonyl (C=O) groups excluding carboxylic acids is 1. The van der Waals surface area contributed by atoms with Gasteiger partial charge < -0.3 is 10.6 Å². The van der Waals surface area contributed by atoms with Crippen LogP contribution in [-0.2, 0) is 13.0 Å². The largest absolute Gasteiger partial charge is 0.321 e. The molecule has 1 unspecified atom stereocenters. The summed E-state index contributed by atoms with van der Waals surface area (Å²) in [6, 6.07) is 14.6. The van der Waals surface area contributed by atoms with E-state index in [1.165, 1.54) is 11.1 Å². The van der Waals surface area contributed by atoms with E-state index in [1.807, 2.05) is 18.2 Å². The van der Waals surface area contributed by atoms with Gasteiger partial charge in [0.05, 0.1) is 16.8 Å². The van der Waals surface area contributed by atoms with Crippen LogP contribution in [0, 0.1) is 0 Å². The molecule has 0 fully saturated rings. The molecule has 2 N–H and O–H groups in total. The minimum atomic E-state index is -0.0356. The Morgan fingerprint density at radius 2 is 1.91 bits per heavy atom. The lowest BCUT2D eigenvalue weighted by atomic mass is 9.90. The maximum absolute atomic E-state index is 12.0. The van der Waals surface area contributed by atoms with Gasteiger partial charge in [0.2, 0.25) is 0 Å². The summed E-state index contributed by atoms with van der Waals surface area (Å²) in [7, 11) is 0. The van der Waals surface area contributed by atoms with Crippen molar-refractivity contribution in [2.75, 3.05) is 5.32 Å². The van der Waals surface area contributed by atoms with Gasteiger partial charge in [-0.25, -0.2) is 0 Å². The molecule has 2 aliphatic rings. The highest BCUT2D eigenvalue weighted by molar-refractivity contribution is 6.23. The summed E-state index contributed by atoms with van der Waals surface area (Å²) in [5.41, 5.74) is 6.43. The number of hydrogen-bond donors (Lipinski definition) is 2. The van der Waals surface area contributed by atoms with Gasteiger partial charge in [0.1, 0.15) is 0 Å². The van der Waals surface area contributed by atoms with Gasteiger partial charge in [0.25, 0.3) is 5.91 Å². The second kappa shape index (κ2) is 4.64. The summed E-state index contributed by atoms with van der Waals surface area (Å²) in [5.74, 6) is -0.0356. The first kappa shape index (κ1) is 12.8. The van der Waals surface area contributed by atoms with Crippen molar-refractivity contribution in [2.45, 2.75) is 19.0 Å². The van der Waals surface area contributed by atoms with Gasteiger partial charge in [-0.1, -0.05) is 30.3 Å². The fourth-order valence-corrected chi connectivity index (χ4v) is 3.73. The first-order chi connectivity index (χ1) is 11.3. The van der Waals surface area contributed by atoms with Crippen molar-refractivity contribution in [2.24, 2.45) is 0 Å². The lowest BCUT2D eigenvalue weighted by molar-refractivity contribution is 0.103. The van der Waals surface area contributed by atoms with Crippen molar-refractivity contribution in [1.29, 1.82) is 0 Å². The lowest BCUT2D eigenvalue weighted by Crippen LogP contribution is -2.28. The van der Waals surface area contributed by atoms with Crippen LogP contribution in [0.1, 0.15) is 33.1 Å². The van der Waals surface area contributed by atoms with Crippen molar-refractivity contribution in [3.8, 4) is 0 Å². The van der Waals surface area contributed by atoms with E-state index in [4.69, 9.17) is 0 Å². The molecule has 3 heterocycles. The summed E-state index contributed by atoms with van der Waals surface area (Å²) < 4.78 is 0. The SMILES string of the molecule is O=C1Nc2ccnc3c(C4Cc5ccccc5CN4)ccc1c23. The van der Waals surface area contributed by atoms with Gasteiger partial charge in [0.15, 0.2) is 0 Å². The molecular formula is C19H15N3O. The van der Waals surface area contributed by atoms with Crippen LogP contribution in [0.3, 0.4) is 0 Å². The molecule has 1 aromatic heterocycles. The van der Waals surface area contributed by atoms with Crippen molar-refractivity contribution in [1.82, 2.24) is 10.3 Å². The highest BCUT2D eigenvalue weighted by atomic mass is 16.1. The van der Waals surface area contributed by atoms with Crippen LogP contribution in [0.25, 0.3) is 10.9 Å². The molecule has 4 heteroatoms. The third kappa shape index (κ3) is 1.82. The molecule has 0 aliphatic carbocycles. The second-order valence-corrected chi connectivity index (χ2v) is 6.14. The van der Waals surface area contributed by atoms with Crippen LogP contribution < -0.4 is 10.6 Å². The molecule has 0 spiro atoms. The summed E-state index contributed by atoms with van der Waals surface area (Å²) in [6.07, 6.45) is 2.71. The number of aromatic nitrogens is 1. The number of anilines is 1. The monoisotopic (exact) mass is 301 g/mol. The predicted octanol–water partition coefficient (Wildman–Crippen LogP) is 3.19. The van der Waals surface area contributed by atoms with E-state index in [0.717, 1.165) is 40.7 Å². The van der Waals surface area contributed by atoms with Crippen molar-refractivity contribution in [3.05, 3.63) is 70.9 Å². The number of benzene rings is 2. The fourth-order valence-electron chi connectivity index (χ4n) is 3.73. The van der Waals surface area contributed by atoms with E-state index < -0.39 is 0 Å². The predicted molar refractivity (Wildman–Crippen MR) is 89.4 cm³/mol. The van der Waals surface area contributed by atoms with E-state index >= 15 is 0 Å². The zero-order chi connectivity index (χ0) is 15.4. The molecule has 5 rings (SSSR count). The number of amides is 1. The molecular weight excluding hydrogens is 286 g/mol. The van der Waals surface area contributed by atoms with Crippen LogP contribution in [0.15, 0.2) is 48.7 Å². The molecule has 0 radical (unpaired) electrons. The molecule has 0 saturated carbocycles. The molecule has 3 aromatic rings. The van der Waals surface area contributed by atoms with Crippen LogP contribution in [0.4, 0.5) is 5.69 Å². The number of fused-ring (bicyclic) bond motifs is 1. The average Bonchev–Trinajstić information content (AvgIpc) is 2.92. The number of nitrogens with zero attached hydrogens (tertiary/aromatic N) is 1. The molecule has 1 atom stereocenters. The summed E-state index contributed by atoms with van der Waals surface area (Å²) in [4.78, 5) is 16.6. The lowest BCUT2D eigenvalue weighted by Gasteiger charge is -2.27.